The van der Waals surface area contributed by atoms with Crippen LogP contribution in [0.25, 0.3) is 0 Å². The van der Waals surface area contributed by atoms with Gasteiger partial charge < -0.3 is 10.4 Å². The molecule has 1 rings (SSSR count). The maximum Gasteiger partial charge on any atom is 0.305 e. The molecule has 20 heavy (non-hydrogen) atoms. The SMILES string of the molecule is CCCC(C)C(=O)NC(CC(=O)O)c1ccc(Br)cc1. The molecule has 2 N–H and O–H groups in total. The summed E-state index contributed by atoms with van der Waals surface area (Å²) < 4.78 is 0.918. The van der Waals surface area contributed by atoms with E-state index < -0.39 is 12.0 Å². The van der Waals surface area contributed by atoms with E-state index >= 15 is 0 Å². The summed E-state index contributed by atoms with van der Waals surface area (Å²) in [6.45, 7) is 3.88. The van der Waals surface area contributed by atoms with Gasteiger partial charge in [-0.05, 0) is 24.1 Å². The van der Waals surface area contributed by atoms with E-state index in [9.17, 15) is 9.59 Å². The van der Waals surface area contributed by atoms with Crippen molar-refractivity contribution in [1.29, 1.82) is 0 Å². The van der Waals surface area contributed by atoms with E-state index in [2.05, 4.69) is 21.2 Å². The largest absolute Gasteiger partial charge is 0.481 e. The van der Waals surface area contributed by atoms with Crippen LogP contribution < -0.4 is 5.32 Å². The van der Waals surface area contributed by atoms with Crippen molar-refractivity contribution in [3.05, 3.63) is 34.3 Å². The molecular weight excluding hydrogens is 322 g/mol. The molecule has 1 aromatic rings. The average Bonchev–Trinajstić information content (AvgIpc) is 2.38. The Kier molecular flexibility index (Phi) is 6.71. The lowest BCUT2D eigenvalue weighted by Crippen LogP contribution is -2.34. The predicted octanol–water partition coefficient (Wildman–Crippen LogP) is 3.52. The Balaban J connectivity index is 2.81. The number of carbonyl (C=O) groups is 2. The molecule has 0 aliphatic rings. The topological polar surface area (TPSA) is 66.4 Å². The highest BCUT2D eigenvalue weighted by atomic mass is 79.9. The van der Waals surface area contributed by atoms with E-state index in [0.717, 1.165) is 22.9 Å². The molecule has 110 valence electrons. The van der Waals surface area contributed by atoms with Gasteiger partial charge in [0.05, 0.1) is 12.5 Å². The van der Waals surface area contributed by atoms with Gasteiger partial charge in [0.2, 0.25) is 5.91 Å². The Hall–Kier alpha value is -1.36. The summed E-state index contributed by atoms with van der Waals surface area (Å²) in [7, 11) is 0. The van der Waals surface area contributed by atoms with Gasteiger partial charge in [-0.15, -0.1) is 0 Å². The van der Waals surface area contributed by atoms with Gasteiger partial charge in [-0.3, -0.25) is 9.59 Å². The van der Waals surface area contributed by atoms with Crippen LogP contribution in [0.5, 0.6) is 0 Å². The molecule has 0 aliphatic carbocycles. The first-order chi connectivity index (χ1) is 9.43. The van der Waals surface area contributed by atoms with Gasteiger partial charge in [0, 0.05) is 10.4 Å². The predicted molar refractivity (Wildman–Crippen MR) is 81.4 cm³/mol. The zero-order chi connectivity index (χ0) is 15.1. The molecule has 0 spiro atoms. The highest BCUT2D eigenvalue weighted by Crippen LogP contribution is 2.20. The number of carbonyl (C=O) groups excluding carboxylic acids is 1. The highest BCUT2D eigenvalue weighted by Gasteiger charge is 2.20. The van der Waals surface area contributed by atoms with E-state index in [0.29, 0.717) is 0 Å². The number of hydrogen-bond donors (Lipinski definition) is 2. The molecule has 0 aromatic heterocycles. The summed E-state index contributed by atoms with van der Waals surface area (Å²) in [4.78, 5) is 23.0. The van der Waals surface area contributed by atoms with Crippen LogP contribution in [0, 0.1) is 5.92 Å². The average molecular weight is 342 g/mol. The van der Waals surface area contributed by atoms with Gasteiger partial charge in [0.1, 0.15) is 0 Å². The summed E-state index contributed by atoms with van der Waals surface area (Å²) in [6, 6.07) is 6.83. The number of rotatable bonds is 7. The van der Waals surface area contributed by atoms with E-state index in [4.69, 9.17) is 5.11 Å². The first-order valence-corrected chi connectivity index (χ1v) is 7.51. The number of aliphatic carboxylic acids is 1. The van der Waals surface area contributed by atoms with Crippen LogP contribution in [0.1, 0.15) is 44.7 Å². The van der Waals surface area contributed by atoms with E-state index in [-0.39, 0.29) is 18.2 Å². The maximum absolute atomic E-state index is 12.1. The van der Waals surface area contributed by atoms with Crippen molar-refractivity contribution in [3.63, 3.8) is 0 Å². The smallest absolute Gasteiger partial charge is 0.305 e. The molecule has 1 amide bonds. The molecule has 0 heterocycles. The van der Waals surface area contributed by atoms with Crippen molar-refractivity contribution in [2.45, 2.75) is 39.2 Å². The number of hydrogen-bond acceptors (Lipinski definition) is 2. The summed E-state index contributed by atoms with van der Waals surface area (Å²) in [5, 5.41) is 11.8. The van der Waals surface area contributed by atoms with Crippen molar-refractivity contribution in [1.82, 2.24) is 5.32 Å². The molecule has 5 heteroatoms. The lowest BCUT2D eigenvalue weighted by Gasteiger charge is -2.20. The minimum Gasteiger partial charge on any atom is -0.481 e. The Morgan fingerprint density at radius 2 is 1.90 bits per heavy atom. The second-order valence-corrected chi connectivity index (χ2v) is 5.82. The quantitative estimate of drug-likeness (QED) is 0.797. The number of halogens is 1. The van der Waals surface area contributed by atoms with Crippen LogP contribution in [0.15, 0.2) is 28.7 Å². The summed E-state index contributed by atoms with van der Waals surface area (Å²) in [5.74, 6) is -1.13. The second kappa shape index (κ2) is 8.04. The summed E-state index contributed by atoms with van der Waals surface area (Å²) >= 11 is 3.34. The van der Waals surface area contributed by atoms with Crippen molar-refractivity contribution in [2.24, 2.45) is 5.92 Å². The highest BCUT2D eigenvalue weighted by molar-refractivity contribution is 9.10. The van der Waals surface area contributed by atoms with Crippen LogP contribution in [0.3, 0.4) is 0 Å². The van der Waals surface area contributed by atoms with Gasteiger partial charge in [-0.2, -0.15) is 0 Å². The molecule has 0 bridgehead atoms. The van der Waals surface area contributed by atoms with Crippen LogP contribution in [0.2, 0.25) is 0 Å². The number of amides is 1. The monoisotopic (exact) mass is 341 g/mol. The Morgan fingerprint density at radius 3 is 2.40 bits per heavy atom. The summed E-state index contributed by atoms with van der Waals surface area (Å²) in [5.41, 5.74) is 0.799. The van der Waals surface area contributed by atoms with E-state index in [1.165, 1.54) is 0 Å². The molecule has 2 atom stereocenters. The zero-order valence-electron chi connectivity index (χ0n) is 11.7. The van der Waals surface area contributed by atoms with Gasteiger partial charge in [-0.1, -0.05) is 48.3 Å². The molecular formula is C15H20BrNO3. The third kappa shape index (κ3) is 5.33. The van der Waals surface area contributed by atoms with Gasteiger partial charge in [0.25, 0.3) is 0 Å². The first kappa shape index (κ1) is 16.7. The number of carboxylic acids is 1. The Bertz CT molecular complexity index is 459. The molecule has 0 radical (unpaired) electrons. The number of benzene rings is 1. The summed E-state index contributed by atoms with van der Waals surface area (Å²) in [6.07, 6.45) is 1.61. The third-order valence-corrected chi connectivity index (χ3v) is 3.67. The van der Waals surface area contributed by atoms with Crippen LogP contribution in [-0.4, -0.2) is 17.0 Å². The van der Waals surface area contributed by atoms with Crippen molar-refractivity contribution < 1.29 is 14.7 Å². The minimum atomic E-state index is -0.929. The van der Waals surface area contributed by atoms with Gasteiger partial charge in [-0.25, -0.2) is 0 Å². The standard InChI is InChI=1S/C15H20BrNO3/c1-3-4-10(2)15(20)17-13(9-14(18)19)11-5-7-12(16)8-6-11/h5-8,10,13H,3-4,9H2,1-2H3,(H,17,20)(H,18,19). The van der Waals surface area contributed by atoms with E-state index in [1.54, 1.807) is 0 Å². The number of nitrogens with one attached hydrogen (secondary N) is 1. The lowest BCUT2D eigenvalue weighted by atomic mass is 10.0. The van der Waals surface area contributed by atoms with Gasteiger partial charge in [0.15, 0.2) is 0 Å². The lowest BCUT2D eigenvalue weighted by molar-refractivity contribution is -0.137. The first-order valence-electron chi connectivity index (χ1n) is 6.71. The molecule has 0 aliphatic heterocycles. The molecule has 0 fully saturated rings. The Morgan fingerprint density at radius 1 is 1.30 bits per heavy atom. The van der Waals surface area contributed by atoms with Crippen molar-refractivity contribution in [3.8, 4) is 0 Å². The fraction of sp³-hybridized carbons (Fsp3) is 0.467. The molecule has 0 saturated heterocycles. The maximum atomic E-state index is 12.1. The Labute approximate surface area is 127 Å². The molecule has 2 unspecified atom stereocenters. The van der Waals surface area contributed by atoms with Crippen LogP contribution >= 0.6 is 15.9 Å². The van der Waals surface area contributed by atoms with E-state index in [1.807, 2.05) is 38.1 Å². The van der Waals surface area contributed by atoms with Crippen molar-refractivity contribution in [2.75, 3.05) is 0 Å². The second-order valence-electron chi connectivity index (χ2n) is 4.90. The molecule has 4 nitrogen and oxygen atoms in total. The molecule has 0 saturated carbocycles. The fourth-order valence-corrected chi connectivity index (χ4v) is 2.26. The number of carboxylic acid groups (broad SMARTS) is 1. The van der Waals surface area contributed by atoms with Crippen LogP contribution in [0.4, 0.5) is 0 Å². The fourth-order valence-electron chi connectivity index (χ4n) is 2.00. The third-order valence-electron chi connectivity index (χ3n) is 3.14. The normalized spacial score (nSPS) is 13.6. The molecule has 1 aromatic carbocycles. The van der Waals surface area contributed by atoms with Crippen molar-refractivity contribution >= 4 is 27.8 Å². The van der Waals surface area contributed by atoms with Crippen LogP contribution in [-0.2, 0) is 9.59 Å². The minimum absolute atomic E-state index is 0.0963. The van der Waals surface area contributed by atoms with Gasteiger partial charge >= 0.3 is 5.97 Å². The zero-order valence-corrected chi connectivity index (χ0v) is 13.3.